The molecule has 0 unspecified atom stereocenters. The van der Waals surface area contributed by atoms with Crippen LogP contribution in [0.3, 0.4) is 0 Å². The molecule has 0 aromatic heterocycles. The molecule has 0 aliphatic rings. The molecule has 10 nitrogen and oxygen atoms in total. The monoisotopic (exact) mass is 414 g/mol. The summed E-state index contributed by atoms with van der Waals surface area (Å²) in [7, 11) is 4.79. The van der Waals surface area contributed by atoms with E-state index < -0.39 is 0 Å². The molecule has 0 amide bonds. The Hall–Kier alpha value is -0.400. The van der Waals surface area contributed by atoms with Gasteiger partial charge in [0.1, 0.15) is 40.0 Å². The average Bonchev–Trinajstić information content (AvgIpc) is 2.71. The largest absolute Gasteiger partial charge is 0.373 e. The lowest BCUT2D eigenvalue weighted by Gasteiger charge is -2.19. The average molecular weight is 415 g/mol. The molecule has 0 fully saturated rings. The maximum atomic E-state index is 5.60. The van der Waals surface area contributed by atoms with Crippen LogP contribution in [-0.2, 0) is 42.6 Å². The van der Waals surface area contributed by atoms with Crippen LogP contribution < -0.4 is 4.90 Å². The van der Waals surface area contributed by atoms with Crippen molar-refractivity contribution in [2.24, 2.45) is 0 Å². The fourth-order valence-electron chi connectivity index (χ4n) is 2.11. The number of hydrogen-bond acceptors (Lipinski definition) is 9. The third kappa shape index (κ3) is 21.9. The second-order valence-corrected chi connectivity index (χ2v) is 5.78. The topological polar surface area (TPSA) is 87.5 Å². The van der Waals surface area contributed by atoms with E-state index >= 15 is 0 Å². The number of methoxy groups -OCH3 is 3. The molecule has 0 bridgehead atoms. The maximum Gasteiger partial charge on any atom is 0.146 e. The summed E-state index contributed by atoms with van der Waals surface area (Å²) in [4.78, 5) is 1.36. The molecule has 0 aromatic carbocycles. The van der Waals surface area contributed by atoms with Gasteiger partial charge in [-0.05, 0) is 0 Å². The third-order valence-corrected chi connectivity index (χ3v) is 3.52. The molecule has 0 rings (SSSR count). The number of quaternary nitrogens is 1. The summed E-state index contributed by atoms with van der Waals surface area (Å²) in [5.74, 6) is 0. The highest BCUT2D eigenvalue weighted by molar-refractivity contribution is 4.37. The standard InChI is InChI=1S/C18H39NO9/c1-20-16-26-13-10-23-7-4-19(5-8-24-11-14-27-17-21-2)6-9-25-12-15-28-18-22-3/h4-18H2,1-3H3/p+1. The van der Waals surface area contributed by atoms with Gasteiger partial charge in [0, 0.05) is 21.3 Å². The highest BCUT2D eigenvalue weighted by atomic mass is 16.7. The lowest BCUT2D eigenvalue weighted by molar-refractivity contribution is -0.901. The zero-order valence-electron chi connectivity index (χ0n) is 17.8. The molecule has 28 heavy (non-hydrogen) atoms. The van der Waals surface area contributed by atoms with E-state index in [0.717, 1.165) is 19.6 Å². The number of nitrogens with one attached hydrogen (secondary N) is 1. The zero-order chi connectivity index (χ0) is 20.5. The minimum absolute atomic E-state index is 0.289. The Bertz CT molecular complexity index is 245. The number of hydrogen-bond donors (Lipinski definition) is 1. The Labute approximate surface area is 169 Å². The quantitative estimate of drug-likeness (QED) is 0.154. The SMILES string of the molecule is COCOCCOCC[NH+](CCOCCOCOC)CCOCCOCOC. The van der Waals surface area contributed by atoms with Crippen LogP contribution in [-0.4, -0.2) is 121 Å². The second-order valence-electron chi connectivity index (χ2n) is 5.78. The van der Waals surface area contributed by atoms with E-state index in [0.29, 0.717) is 59.5 Å². The van der Waals surface area contributed by atoms with Gasteiger partial charge in [0.15, 0.2) is 0 Å². The van der Waals surface area contributed by atoms with Crippen LogP contribution in [0.4, 0.5) is 0 Å². The molecule has 0 aliphatic carbocycles. The van der Waals surface area contributed by atoms with Crippen LogP contribution in [0.1, 0.15) is 0 Å². The Morgan fingerprint density at radius 3 is 0.964 bits per heavy atom. The molecule has 0 saturated carbocycles. The summed E-state index contributed by atoms with van der Waals surface area (Å²) in [6, 6.07) is 0. The Kier molecular flexibility index (Phi) is 24.3. The fourth-order valence-corrected chi connectivity index (χ4v) is 2.11. The first-order valence-electron chi connectivity index (χ1n) is 9.62. The summed E-state index contributed by atoms with van der Waals surface area (Å²) in [6.45, 7) is 8.68. The molecule has 0 aromatic rings. The van der Waals surface area contributed by atoms with E-state index in [1.165, 1.54) is 4.90 Å². The first-order chi connectivity index (χ1) is 13.8. The molecular formula is C18H40NO9+. The Balaban J connectivity index is 3.80. The van der Waals surface area contributed by atoms with Crippen LogP contribution in [0.5, 0.6) is 0 Å². The first kappa shape index (κ1) is 27.6. The van der Waals surface area contributed by atoms with Gasteiger partial charge in [-0.2, -0.15) is 0 Å². The van der Waals surface area contributed by atoms with E-state index in [-0.39, 0.29) is 20.4 Å². The second kappa shape index (κ2) is 24.6. The van der Waals surface area contributed by atoms with E-state index in [1.807, 2.05) is 0 Å². The first-order valence-corrected chi connectivity index (χ1v) is 9.62. The molecule has 10 heteroatoms. The summed E-state index contributed by atoms with van der Waals surface area (Å²) >= 11 is 0. The third-order valence-electron chi connectivity index (χ3n) is 3.52. The van der Waals surface area contributed by atoms with E-state index in [2.05, 4.69) is 0 Å². The van der Waals surface area contributed by atoms with Gasteiger partial charge in [0.2, 0.25) is 0 Å². The van der Waals surface area contributed by atoms with Crippen molar-refractivity contribution in [3.8, 4) is 0 Å². The molecule has 1 N–H and O–H groups in total. The Morgan fingerprint density at radius 2 is 0.679 bits per heavy atom. The van der Waals surface area contributed by atoms with E-state index in [9.17, 15) is 0 Å². The van der Waals surface area contributed by atoms with Gasteiger partial charge >= 0.3 is 0 Å². The van der Waals surface area contributed by atoms with Gasteiger partial charge in [0.05, 0.1) is 59.5 Å². The Morgan fingerprint density at radius 1 is 0.393 bits per heavy atom. The smallest absolute Gasteiger partial charge is 0.146 e. The van der Waals surface area contributed by atoms with Gasteiger partial charge in [-0.3, -0.25) is 0 Å². The van der Waals surface area contributed by atoms with E-state index in [1.54, 1.807) is 21.3 Å². The molecular weight excluding hydrogens is 374 g/mol. The fraction of sp³-hybridized carbons (Fsp3) is 1.00. The molecule has 0 heterocycles. The van der Waals surface area contributed by atoms with Gasteiger partial charge in [-0.1, -0.05) is 0 Å². The van der Waals surface area contributed by atoms with Crippen LogP contribution in [0, 0.1) is 0 Å². The maximum absolute atomic E-state index is 5.60. The lowest BCUT2D eigenvalue weighted by Crippen LogP contribution is -3.13. The minimum Gasteiger partial charge on any atom is -0.373 e. The van der Waals surface area contributed by atoms with Crippen LogP contribution >= 0.6 is 0 Å². The lowest BCUT2D eigenvalue weighted by atomic mass is 10.4. The van der Waals surface area contributed by atoms with Gasteiger partial charge < -0.3 is 47.5 Å². The molecule has 0 saturated heterocycles. The summed E-state index contributed by atoms with van der Waals surface area (Å²) in [6.07, 6.45) is 0. The van der Waals surface area contributed by atoms with Crippen molar-refractivity contribution in [1.82, 2.24) is 0 Å². The highest BCUT2D eigenvalue weighted by Gasteiger charge is 2.09. The molecule has 0 radical (unpaired) electrons. The van der Waals surface area contributed by atoms with Crippen molar-refractivity contribution in [3.63, 3.8) is 0 Å². The van der Waals surface area contributed by atoms with Gasteiger partial charge in [-0.25, -0.2) is 0 Å². The highest BCUT2D eigenvalue weighted by Crippen LogP contribution is 1.81. The zero-order valence-corrected chi connectivity index (χ0v) is 17.8. The summed E-state index contributed by atoms with van der Waals surface area (Å²) in [5.41, 5.74) is 0. The van der Waals surface area contributed by atoms with Gasteiger partial charge in [-0.15, -0.1) is 0 Å². The summed E-state index contributed by atoms with van der Waals surface area (Å²) < 4.78 is 46.8. The molecule has 170 valence electrons. The number of ether oxygens (including phenoxy) is 9. The van der Waals surface area contributed by atoms with Crippen LogP contribution in [0.15, 0.2) is 0 Å². The van der Waals surface area contributed by atoms with Crippen molar-refractivity contribution >= 4 is 0 Å². The van der Waals surface area contributed by atoms with E-state index in [4.69, 9.17) is 42.6 Å². The van der Waals surface area contributed by atoms with Crippen molar-refractivity contribution in [3.05, 3.63) is 0 Å². The van der Waals surface area contributed by atoms with Crippen molar-refractivity contribution in [2.45, 2.75) is 0 Å². The minimum atomic E-state index is 0.289. The number of rotatable bonds is 24. The predicted molar refractivity (Wildman–Crippen MR) is 102 cm³/mol. The van der Waals surface area contributed by atoms with Crippen LogP contribution in [0.25, 0.3) is 0 Å². The molecule has 0 atom stereocenters. The molecule has 0 aliphatic heterocycles. The normalized spacial score (nSPS) is 11.6. The van der Waals surface area contributed by atoms with Crippen molar-refractivity contribution in [2.75, 3.05) is 121 Å². The molecule has 0 spiro atoms. The van der Waals surface area contributed by atoms with Gasteiger partial charge in [0.25, 0.3) is 0 Å². The van der Waals surface area contributed by atoms with Crippen molar-refractivity contribution in [1.29, 1.82) is 0 Å². The summed E-state index contributed by atoms with van der Waals surface area (Å²) in [5, 5.41) is 0. The van der Waals surface area contributed by atoms with Crippen LogP contribution in [0.2, 0.25) is 0 Å². The van der Waals surface area contributed by atoms with Crippen molar-refractivity contribution < 1.29 is 47.5 Å². The predicted octanol–water partition coefficient (Wildman–Crippen LogP) is -1.22.